The van der Waals surface area contributed by atoms with Gasteiger partial charge < -0.3 is 20.1 Å². The van der Waals surface area contributed by atoms with Crippen molar-refractivity contribution in [1.29, 1.82) is 0 Å². The minimum absolute atomic E-state index is 0.0459. The van der Waals surface area contributed by atoms with Gasteiger partial charge in [0, 0.05) is 24.4 Å². The molecular formula is C25H36N4O4S. The number of amides is 2. The standard InChI is InChI=1S/C25H36N4O4S/c1-25(2,3)33-24(31)29(4)16-9-11-17(12-10-16)32-22-21-20-15(8-13-19(26)30)6-5-7-18(20)34-23(21)28-14-27-22/h14-17H,5-13H2,1-4H3,(H2,26,30)/t15-,16-,17-/m1/s1. The van der Waals surface area contributed by atoms with Gasteiger partial charge in [0.25, 0.3) is 0 Å². The maximum Gasteiger partial charge on any atom is 0.410 e. The Balaban J connectivity index is 1.46. The van der Waals surface area contributed by atoms with Crippen LogP contribution in [-0.4, -0.2) is 51.7 Å². The van der Waals surface area contributed by atoms with Crippen molar-refractivity contribution in [3.05, 3.63) is 16.8 Å². The van der Waals surface area contributed by atoms with Crippen molar-refractivity contribution >= 4 is 33.6 Å². The zero-order valence-electron chi connectivity index (χ0n) is 20.6. The third-order valence-electron chi connectivity index (χ3n) is 6.82. The van der Waals surface area contributed by atoms with Gasteiger partial charge in [0.2, 0.25) is 11.8 Å². The summed E-state index contributed by atoms with van der Waals surface area (Å²) >= 11 is 1.72. The highest BCUT2D eigenvalue weighted by Gasteiger charge is 2.32. The first kappa shape index (κ1) is 24.7. The van der Waals surface area contributed by atoms with Gasteiger partial charge in [-0.25, -0.2) is 14.8 Å². The number of hydrogen-bond acceptors (Lipinski definition) is 7. The van der Waals surface area contributed by atoms with Gasteiger partial charge in [-0.2, -0.15) is 0 Å². The monoisotopic (exact) mass is 488 g/mol. The highest BCUT2D eigenvalue weighted by molar-refractivity contribution is 7.18. The fourth-order valence-electron chi connectivity index (χ4n) is 5.13. The van der Waals surface area contributed by atoms with Crippen LogP contribution in [0.2, 0.25) is 0 Å². The summed E-state index contributed by atoms with van der Waals surface area (Å²) in [5, 5.41) is 1.02. The van der Waals surface area contributed by atoms with Crippen LogP contribution < -0.4 is 10.5 Å². The van der Waals surface area contributed by atoms with Crippen LogP contribution in [0.25, 0.3) is 10.2 Å². The van der Waals surface area contributed by atoms with E-state index in [-0.39, 0.29) is 30.1 Å². The van der Waals surface area contributed by atoms with Crippen molar-refractivity contribution in [3.8, 4) is 5.88 Å². The van der Waals surface area contributed by atoms with Gasteiger partial charge in [0.1, 0.15) is 22.9 Å². The number of aryl methyl sites for hydroxylation is 1. The number of aromatic nitrogens is 2. The molecule has 9 heteroatoms. The van der Waals surface area contributed by atoms with Gasteiger partial charge in [-0.15, -0.1) is 11.3 Å². The lowest BCUT2D eigenvalue weighted by Gasteiger charge is -2.35. The second-order valence-electron chi connectivity index (χ2n) is 10.5. The average Bonchev–Trinajstić information content (AvgIpc) is 3.16. The SMILES string of the molecule is CN(C(=O)OC(C)(C)C)[C@H]1CC[C@H](Oc2ncnc3sc4c(c23)[C@@H](CCC(N)=O)CCC4)CC1. The number of nitrogens with two attached hydrogens (primary N) is 1. The van der Waals surface area contributed by atoms with Gasteiger partial charge in [-0.1, -0.05) is 0 Å². The summed E-state index contributed by atoms with van der Waals surface area (Å²) in [4.78, 5) is 36.9. The normalized spacial score (nSPS) is 22.8. The first-order valence-corrected chi connectivity index (χ1v) is 13.1. The van der Waals surface area contributed by atoms with Crippen molar-refractivity contribution in [1.82, 2.24) is 14.9 Å². The van der Waals surface area contributed by atoms with Crippen LogP contribution >= 0.6 is 11.3 Å². The molecule has 0 bridgehead atoms. The van der Waals surface area contributed by atoms with Crippen LogP contribution in [0, 0.1) is 0 Å². The molecule has 0 aliphatic heterocycles. The molecule has 2 aromatic heterocycles. The quantitative estimate of drug-likeness (QED) is 0.617. The Hall–Kier alpha value is -2.42. The van der Waals surface area contributed by atoms with Crippen molar-refractivity contribution in [2.45, 2.75) is 102 Å². The lowest BCUT2D eigenvalue weighted by atomic mass is 9.83. The fraction of sp³-hybridized carbons (Fsp3) is 0.680. The molecule has 1 saturated carbocycles. The molecule has 2 heterocycles. The van der Waals surface area contributed by atoms with Crippen molar-refractivity contribution in [2.24, 2.45) is 5.73 Å². The summed E-state index contributed by atoms with van der Waals surface area (Å²) in [7, 11) is 1.82. The summed E-state index contributed by atoms with van der Waals surface area (Å²) in [5.41, 5.74) is 6.20. The van der Waals surface area contributed by atoms with E-state index in [4.69, 9.17) is 15.2 Å². The smallest absolute Gasteiger partial charge is 0.410 e. The van der Waals surface area contributed by atoms with E-state index < -0.39 is 5.60 Å². The predicted octanol–water partition coefficient (Wildman–Crippen LogP) is 4.93. The fourth-order valence-corrected chi connectivity index (χ4v) is 6.39. The minimum atomic E-state index is -0.501. The van der Waals surface area contributed by atoms with Crippen molar-refractivity contribution < 1.29 is 19.1 Å². The molecule has 2 aliphatic rings. The number of primary amides is 1. The van der Waals surface area contributed by atoms with E-state index in [0.717, 1.165) is 61.6 Å². The maximum absolute atomic E-state index is 12.4. The average molecular weight is 489 g/mol. The van der Waals surface area contributed by atoms with Crippen LogP contribution in [0.1, 0.15) is 88.5 Å². The highest BCUT2D eigenvalue weighted by Crippen LogP contribution is 2.46. The van der Waals surface area contributed by atoms with E-state index in [2.05, 4.69) is 9.97 Å². The Kier molecular flexibility index (Phi) is 7.31. The van der Waals surface area contributed by atoms with E-state index in [1.54, 1.807) is 22.6 Å². The molecule has 0 spiro atoms. The molecule has 34 heavy (non-hydrogen) atoms. The molecule has 2 N–H and O–H groups in total. The van der Waals surface area contributed by atoms with E-state index in [0.29, 0.717) is 12.3 Å². The van der Waals surface area contributed by atoms with Crippen LogP contribution in [0.4, 0.5) is 4.79 Å². The summed E-state index contributed by atoms with van der Waals surface area (Å²) in [5.74, 6) is 0.682. The molecule has 0 aromatic carbocycles. The molecule has 8 nitrogen and oxygen atoms in total. The summed E-state index contributed by atoms with van der Waals surface area (Å²) in [6.45, 7) is 5.65. The molecule has 4 rings (SSSR count). The lowest BCUT2D eigenvalue weighted by Crippen LogP contribution is -2.43. The summed E-state index contributed by atoms with van der Waals surface area (Å²) in [6, 6.07) is 0.146. The Morgan fingerprint density at radius 3 is 2.59 bits per heavy atom. The Bertz CT molecular complexity index is 1040. The second kappa shape index (κ2) is 10.1. The lowest BCUT2D eigenvalue weighted by molar-refractivity contribution is -0.118. The number of nitrogens with zero attached hydrogens (tertiary/aromatic N) is 3. The van der Waals surface area contributed by atoms with E-state index in [9.17, 15) is 9.59 Å². The van der Waals surface area contributed by atoms with Crippen LogP contribution in [0.5, 0.6) is 5.88 Å². The Labute approximate surface area is 205 Å². The molecule has 1 atom stereocenters. The summed E-state index contributed by atoms with van der Waals surface area (Å²) in [6.07, 6.45) is 9.10. The van der Waals surface area contributed by atoms with Crippen molar-refractivity contribution in [2.75, 3.05) is 7.05 Å². The highest BCUT2D eigenvalue weighted by atomic mass is 32.1. The zero-order valence-corrected chi connectivity index (χ0v) is 21.5. The van der Waals surface area contributed by atoms with Gasteiger partial charge in [-0.3, -0.25) is 4.79 Å². The van der Waals surface area contributed by atoms with Crippen LogP contribution in [-0.2, 0) is 16.0 Å². The molecule has 2 aromatic rings. The third kappa shape index (κ3) is 5.62. The largest absolute Gasteiger partial charge is 0.474 e. The second-order valence-corrected chi connectivity index (χ2v) is 11.6. The number of thiophene rings is 1. The third-order valence-corrected chi connectivity index (χ3v) is 8.00. The molecule has 0 saturated heterocycles. The number of ether oxygens (including phenoxy) is 2. The molecular weight excluding hydrogens is 452 g/mol. The molecule has 0 unspecified atom stereocenters. The minimum Gasteiger partial charge on any atom is -0.474 e. The first-order valence-electron chi connectivity index (χ1n) is 12.3. The van der Waals surface area contributed by atoms with Gasteiger partial charge in [-0.05, 0) is 83.6 Å². The Morgan fingerprint density at radius 2 is 1.91 bits per heavy atom. The number of carbonyl (C=O) groups excluding carboxylic acids is 2. The molecule has 0 radical (unpaired) electrons. The first-order chi connectivity index (χ1) is 16.1. The number of rotatable bonds is 6. The van der Waals surface area contributed by atoms with Crippen LogP contribution in [0.3, 0.4) is 0 Å². The van der Waals surface area contributed by atoms with Crippen LogP contribution in [0.15, 0.2) is 6.33 Å². The van der Waals surface area contributed by atoms with Gasteiger partial charge >= 0.3 is 6.09 Å². The van der Waals surface area contributed by atoms with Gasteiger partial charge in [0.05, 0.1) is 5.39 Å². The number of carbonyl (C=O) groups is 2. The summed E-state index contributed by atoms with van der Waals surface area (Å²) < 4.78 is 12.0. The zero-order chi connectivity index (χ0) is 24.5. The molecule has 2 amide bonds. The van der Waals surface area contributed by atoms with E-state index in [1.807, 2.05) is 27.8 Å². The topological polar surface area (TPSA) is 108 Å². The predicted molar refractivity (Wildman–Crippen MR) is 132 cm³/mol. The Morgan fingerprint density at radius 1 is 1.18 bits per heavy atom. The van der Waals surface area contributed by atoms with E-state index in [1.165, 1.54) is 10.4 Å². The molecule has 2 aliphatic carbocycles. The maximum atomic E-state index is 12.4. The molecule has 1 fully saturated rings. The number of fused-ring (bicyclic) bond motifs is 3. The van der Waals surface area contributed by atoms with Crippen molar-refractivity contribution in [3.63, 3.8) is 0 Å². The number of hydrogen-bond donors (Lipinski definition) is 1. The van der Waals surface area contributed by atoms with E-state index >= 15 is 0 Å². The van der Waals surface area contributed by atoms with Gasteiger partial charge in [0.15, 0.2) is 0 Å². The molecule has 186 valence electrons.